The molecule has 0 aliphatic carbocycles. The zero-order valence-electron chi connectivity index (χ0n) is 8.45. The van der Waals surface area contributed by atoms with Gasteiger partial charge >= 0.3 is 11.7 Å². The summed E-state index contributed by atoms with van der Waals surface area (Å²) in [5.74, 6) is -0.932. The van der Waals surface area contributed by atoms with E-state index in [1.54, 1.807) is 13.8 Å². The molecule has 0 saturated heterocycles. The lowest BCUT2D eigenvalue weighted by Gasteiger charge is -2.10. The summed E-state index contributed by atoms with van der Waals surface area (Å²) in [6, 6.07) is 0. The zero-order chi connectivity index (χ0) is 11.6. The molecule has 0 bridgehead atoms. The van der Waals surface area contributed by atoms with Gasteiger partial charge in [0, 0.05) is 12.2 Å². The number of halogens is 1. The number of carboxylic acids is 1. The lowest BCUT2D eigenvalue weighted by Crippen LogP contribution is -2.27. The fourth-order valence-electron chi connectivity index (χ4n) is 1.25. The maximum absolute atomic E-state index is 11.5. The average molecular weight is 275 g/mol. The lowest BCUT2D eigenvalue weighted by molar-refractivity contribution is -0.137. The molecule has 1 aromatic rings. The van der Waals surface area contributed by atoms with Crippen LogP contribution >= 0.6 is 15.9 Å². The second kappa shape index (κ2) is 4.57. The predicted molar refractivity (Wildman–Crippen MR) is 57.9 cm³/mol. The van der Waals surface area contributed by atoms with Gasteiger partial charge in [-0.3, -0.25) is 9.36 Å². The molecule has 0 fully saturated rings. The molecule has 0 spiro atoms. The molecule has 0 saturated carbocycles. The second-order valence-corrected chi connectivity index (χ2v) is 3.97. The summed E-state index contributed by atoms with van der Waals surface area (Å²) >= 11 is 3.30. The molecule has 1 heterocycles. The molecule has 82 valence electrons. The Labute approximate surface area is 94.9 Å². The number of carboxylic acid groups (broad SMARTS) is 1. The first-order valence-corrected chi connectivity index (χ1v) is 5.18. The Hall–Kier alpha value is -1.17. The number of hydrogen-bond acceptors (Lipinski definition) is 3. The minimum Gasteiger partial charge on any atom is -0.481 e. The molecule has 0 radical (unpaired) electrons. The van der Waals surface area contributed by atoms with E-state index < -0.39 is 11.7 Å². The Morgan fingerprint density at radius 3 is 2.67 bits per heavy atom. The molecular formula is C9H11BrN2O3. The molecule has 0 aromatic carbocycles. The Morgan fingerprint density at radius 1 is 1.53 bits per heavy atom. The summed E-state index contributed by atoms with van der Waals surface area (Å²) in [5, 5.41) is 8.53. The van der Waals surface area contributed by atoms with Gasteiger partial charge in [-0.1, -0.05) is 0 Å². The summed E-state index contributed by atoms with van der Waals surface area (Å²) in [6.45, 7) is 3.62. The topological polar surface area (TPSA) is 72.2 Å². The van der Waals surface area contributed by atoms with Crippen molar-refractivity contribution in [3.63, 3.8) is 0 Å². The molecule has 15 heavy (non-hydrogen) atoms. The van der Waals surface area contributed by atoms with E-state index in [0.29, 0.717) is 11.4 Å². The third-order valence-electron chi connectivity index (χ3n) is 2.08. The van der Waals surface area contributed by atoms with Crippen molar-refractivity contribution in [3.8, 4) is 0 Å². The van der Waals surface area contributed by atoms with Gasteiger partial charge < -0.3 is 5.11 Å². The van der Waals surface area contributed by atoms with Gasteiger partial charge in [0.25, 0.3) is 0 Å². The SMILES string of the molecule is Cc1nc(=O)n(CCC(=O)O)c(C)c1Br. The van der Waals surface area contributed by atoms with Crippen LogP contribution in [0.15, 0.2) is 9.27 Å². The number of aryl methyl sites for hydroxylation is 1. The largest absolute Gasteiger partial charge is 0.481 e. The van der Waals surface area contributed by atoms with Crippen molar-refractivity contribution in [2.45, 2.75) is 26.8 Å². The van der Waals surface area contributed by atoms with E-state index in [1.807, 2.05) is 0 Å². The van der Waals surface area contributed by atoms with E-state index >= 15 is 0 Å². The van der Waals surface area contributed by atoms with Crippen molar-refractivity contribution in [2.24, 2.45) is 0 Å². The van der Waals surface area contributed by atoms with Gasteiger partial charge in [-0.2, -0.15) is 4.98 Å². The van der Waals surface area contributed by atoms with Crippen molar-refractivity contribution < 1.29 is 9.90 Å². The Morgan fingerprint density at radius 2 is 2.13 bits per heavy atom. The Bertz CT molecular complexity index is 453. The van der Waals surface area contributed by atoms with Crippen LogP contribution in [0.1, 0.15) is 17.8 Å². The van der Waals surface area contributed by atoms with E-state index in [2.05, 4.69) is 20.9 Å². The standard InChI is InChI=1S/C9H11BrN2O3/c1-5-8(10)6(2)12(9(15)11-5)4-3-7(13)14/h3-4H2,1-2H3,(H,13,14). The zero-order valence-corrected chi connectivity index (χ0v) is 10.0. The number of hydrogen-bond donors (Lipinski definition) is 1. The van der Waals surface area contributed by atoms with Crippen LogP contribution in [0.3, 0.4) is 0 Å². The highest BCUT2D eigenvalue weighted by molar-refractivity contribution is 9.10. The Balaban J connectivity index is 3.13. The molecule has 0 amide bonds. The first kappa shape index (κ1) is 11.9. The quantitative estimate of drug-likeness (QED) is 0.896. The van der Waals surface area contributed by atoms with Gasteiger partial charge in [0.2, 0.25) is 0 Å². The van der Waals surface area contributed by atoms with E-state index in [0.717, 1.165) is 4.47 Å². The van der Waals surface area contributed by atoms with Gasteiger partial charge in [0.1, 0.15) is 0 Å². The minimum absolute atomic E-state index is 0.0854. The van der Waals surface area contributed by atoms with E-state index in [1.165, 1.54) is 4.57 Å². The van der Waals surface area contributed by atoms with Crippen LogP contribution in [-0.2, 0) is 11.3 Å². The van der Waals surface area contributed by atoms with Crippen LogP contribution in [0.2, 0.25) is 0 Å². The summed E-state index contributed by atoms with van der Waals surface area (Å²) < 4.78 is 2.10. The highest BCUT2D eigenvalue weighted by Gasteiger charge is 2.09. The van der Waals surface area contributed by atoms with Gasteiger partial charge in [0.15, 0.2) is 0 Å². The lowest BCUT2D eigenvalue weighted by atomic mass is 10.3. The number of aliphatic carboxylic acids is 1. The van der Waals surface area contributed by atoms with Crippen LogP contribution in [0.25, 0.3) is 0 Å². The van der Waals surface area contributed by atoms with Crippen LogP contribution < -0.4 is 5.69 Å². The number of aromatic nitrogens is 2. The maximum Gasteiger partial charge on any atom is 0.348 e. The number of rotatable bonds is 3. The van der Waals surface area contributed by atoms with E-state index in [9.17, 15) is 9.59 Å². The summed E-state index contributed by atoms with van der Waals surface area (Å²) in [7, 11) is 0. The van der Waals surface area contributed by atoms with Crippen LogP contribution in [0.5, 0.6) is 0 Å². The fraction of sp³-hybridized carbons (Fsp3) is 0.444. The third-order valence-corrected chi connectivity index (χ3v) is 3.23. The molecule has 0 aliphatic heterocycles. The first-order chi connectivity index (χ1) is 6.93. The molecule has 0 aliphatic rings. The molecule has 5 nitrogen and oxygen atoms in total. The number of nitrogens with zero attached hydrogens (tertiary/aromatic N) is 2. The highest BCUT2D eigenvalue weighted by atomic mass is 79.9. The molecule has 0 unspecified atom stereocenters. The average Bonchev–Trinajstić information content (AvgIpc) is 2.14. The fourth-order valence-corrected chi connectivity index (χ4v) is 1.55. The van der Waals surface area contributed by atoms with E-state index in [-0.39, 0.29) is 13.0 Å². The molecule has 0 atom stereocenters. The van der Waals surface area contributed by atoms with Gasteiger partial charge in [0.05, 0.1) is 16.6 Å². The third kappa shape index (κ3) is 2.65. The smallest absolute Gasteiger partial charge is 0.348 e. The van der Waals surface area contributed by atoms with Crippen molar-refractivity contribution in [1.29, 1.82) is 0 Å². The maximum atomic E-state index is 11.5. The van der Waals surface area contributed by atoms with Crippen molar-refractivity contribution in [2.75, 3.05) is 0 Å². The minimum atomic E-state index is -0.932. The van der Waals surface area contributed by atoms with Gasteiger partial charge in [-0.15, -0.1) is 0 Å². The predicted octanol–water partition coefficient (Wildman–Crippen LogP) is 1.10. The highest BCUT2D eigenvalue weighted by Crippen LogP contribution is 2.16. The molecule has 1 rings (SSSR count). The molecule has 1 aromatic heterocycles. The molecule has 6 heteroatoms. The first-order valence-electron chi connectivity index (χ1n) is 4.39. The number of carbonyl (C=O) groups is 1. The van der Waals surface area contributed by atoms with Gasteiger partial charge in [-0.25, -0.2) is 4.79 Å². The van der Waals surface area contributed by atoms with Crippen LogP contribution in [0, 0.1) is 13.8 Å². The normalized spacial score (nSPS) is 10.3. The van der Waals surface area contributed by atoms with E-state index in [4.69, 9.17) is 5.11 Å². The summed E-state index contributed by atoms with van der Waals surface area (Å²) in [6.07, 6.45) is -0.0854. The monoisotopic (exact) mass is 274 g/mol. The molecule has 1 N–H and O–H groups in total. The van der Waals surface area contributed by atoms with Gasteiger partial charge in [-0.05, 0) is 29.8 Å². The Kier molecular flexibility index (Phi) is 3.62. The second-order valence-electron chi connectivity index (χ2n) is 3.17. The molecular weight excluding hydrogens is 264 g/mol. The van der Waals surface area contributed by atoms with Crippen LogP contribution in [-0.4, -0.2) is 20.6 Å². The van der Waals surface area contributed by atoms with Crippen LogP contribution in [0.4, 0.5) is 0 Å². The summed E-state index contributed by atoms with van der Waals surface area (Å²) in [4.78, 5) is 25.6. The van der Waals surface area contributed by atoms with Crippen molar-refractivity contribution >= 4 is 21.9 Å². The van der Waals surface area contributed by atoms with Crippen molar-refractivity contribution in [1.82, 2.24) is 9.55 Å². The summed E-state index contributed by atoms with van der Waals surface area (Å²) in [5.41, 5.74) is 0.910. The van der Waals surface area contributed by atoms with Crippen molar-refractivity contribution in [3.05, 3.63) is 26.3 Å².